The van der Waals surface area contributed by atoms with Crippen molar-refractivity contribution in [1.29, 1.82) is 0 Å². The van der Waals surface area contributed by atoms with Crippen LogP contribution in [0.5, 0.6) is 0 Å². The van der Waals surface area contributed by atoms with E-state index >= 15 is 0 Å². The fraction of sp³-hybridized carbons (Fsp3) is 0.765. The Balaban J connectivity index is 2.14. The molecule has 7 heteroatoms. The van der Waals surface area contributed by atoms with Crippen LogP contribution < -0.4 is 10.6 Å². The van der Waals surface area contributed by atoms with Crippen molar-refractivity contribution >= 4 is 24.4 Å². The monoisotopic (exact) mass is 336 g/mol. The molecule has 2 rings (SSSR count). The first-order chi connectivity index (χ1) is 11.6. The van der Waals surface area contributed by atoms with Crippen LogP contribution in [0.25, 0.3) is 0 Å². The molecule has 1 aliphatic carbocycles. The first-order valence-electron chi connectivity index (χ1n) is 8.83. The number of amides is 3. The molecule has 3 amide bonds. The molecule has 1 saturated carbocycles. The van der Waals surface area contributed by atoms with Crippen LogP contribution in [0.15, 0.2) is 4.99 Å². The Bertz CT molecular complexity index is 488. The summed E-state index contributed by atoms with van der Waals surface area (Å²) in [5.41, 5.74) is 0. The standard InChI is InChI=1S/C17H28N4O3/c1-18-11-14(22)20-15(12-7-4-3-5-8-12)17(24)21-10-6-9-13(21)16(23)19-2/h12-13,15,18H,2-11H2,1H3,(H,20,22)/t13-,15?/m0/s1. The molecule has 0 aromatic carbocycles. The van der Waals surface area contributed by atoms with Gasteiger partial charge < -0.3 is 15.5 Å². The number of nitrogens with one attached hydrogen (secondary N) is 2. The molecule has 1 unspecified atom stereocenters. The zero-order chi connectivity index (χ0) is 17.5. The van der Waals surface area contributed by atoms with E-state index < -0.39 is 12.1 Å². The van der Waals surface area contributed by atoms with Crippen molar-refractivity contribution in [3.8, 4) is 0 Å². The molecule has 1 aliphatic heterocycles. The molecule has 1 saturated heterocycles. The summed E-state index contributed by atoms with van der Waals surface area (Å²) in [7, 11) is 1.70. The van der Waals surface area contributed by atoms with E-state index in [9.17, 15) is 14.4 Å². The smallest absolute Gasteiger partial charge is 0.267 e. The van der Waals surface area contributed by atoms with E-state index in [4.69, 9.17) is 0 Å². The Hall–Kier alpha value is -1.76. The maximum Gasteiger partial charge on any atom is 0.267 e. The number of hydrogen-bond acceptors (Lipinski definition) is 4. The predicted octanol–water partition coefficient (Wildman–Crippen LogP) is 0.489. The van der Waals surface area contributed by atoms with Gasteiger partial charge in [-0.15, -0.1) is 0 Å². The highest BCUT2D eigenvalue weighted by molar-refractivity contribution is 5.94. The number of nitrogens with zero attached hydrogens (tertiary/aromatic N) is 2. The van der Waals surface area contributed by atoms with Gasteiger partial charge in [0, 0.05) is 6.54 Å². The van der Waals surface area contributed by atoms with Gasteiger partial charge in [0.15, 0.2) is 0 Å². The molecule has 2 N–H and O–H groups in total. The molecule has 0 radical (unpaired) electrons. The molecule has 0 bridgehead atoms. The lowest BCUT2D eigenvalue weighted by Crippen LogP contribution is -2.55. The van der Waals surface area contributed by atoms with Crippen molar-refractivity contribution < 1.29 is 14.4 Å². The van der Waals surface area contributed by atoms with Crippen molar-refractivity contribution in [2.24, 2.45) is 10.9 Å². The summed E-state index contributed by atoms with van der Waals surface area (Å²) in [6.45, 7) is 4.00. The lowest BCUT2D eigenvalue weighted by atomic mass is 9.83. The van der Waals surface area contributed by atoms with E-state index in [1.165, 1.54) is 6.42 Å². The van der Waals surface area contributed by atoms with Crippen molar-refractivity contribution in [2.75, 3.05) is 20.1 Å². The predicted molar refractivity (Wildman–Crippen MR) is 91.7 cm³/mol. The van der Waals surface area contributed by atoms with Gasteiger partial charge in [-0.3, -0.25) is 14.4 Å². The van der Waals surface area contributed by atoms with E-state index in [1.54, 1.807) is 11.9 Å². The molecule has 0 aromatic heterocycles. The Morgan fingerprint density at radius 1 is 1.17 bits per heavy atom. The minimum absolute atomic E-state index is 0.139. The highest BCUT2D eigenvalue weighted by Gasteiger charge is 2.40. The van der Waals surface area contributed by atoms with E-state index in [0.717, 1.165) is 32.1 Å². The second-order valence-corrected chi connectivity index (χ2v) is 6.66. The fourth-order valence-electron chi connectivity index (χ4n) is 3.81. The Kier molecular flexibility index (Phi) is 6.90. The van der Waals surface area contributed by atoms with Gasteiger partial charge in [-0.2, -0.15) is 0 Å². The van der Waals surface area contributed by atoms with E-state index in [2.05, 4.69) is 22.3 Å². The van der Waals surface area contributed by atoms with Gasteiger partial charge >= 0.3 is 0 Å². The van der Waals surface area contributed by atoms with Crippen LogP contribution in [0.4, 0.5) is 0 Å². The second-order valence-electron chi connectivity index (χ2n) is 6.66. The Morgan fingerprint density at radius 3 is 2.50 bits per heavy atom. The van der Waals surface area contributed by atoms with Gasteiger partial charge in [-0.1, -0.05) is 19.3 Å². The van der Waals surface area contributed by atoms with Crippen LogP contribution in [0.2, 0.25) is 0 Å². The summed E-state index contributed by atoms with van der Waals surface area (Å²) in [6.07, 6.45) is 6.59. The van der Waals surface area contributed by atoms with Crippen molar-refractivity contribution in [1.82, 2.24) is 15.5 Å². The molecule has 2 atom stereocenters. The van der Waals surface area contributed by atoms with Crippen molar-refractivity contribution in [2.45, 2.75) is 57.0 Å². The molecular weight excluding hydrogens is 308 g/mol. The maximum absolute atomic E-state index is 13.1. The normalized spacial score (nSPS) is 22.9. The number of likely N-dealkylation sites (tertiary alicyclic amines) is 1. The van der Waals surface area contributed by atoms with Crippen molar-refractivity contribution in [3.05, 3.63) is 0 Å². The molecule has 2 fully saturated rings. The van der Waals surface area contributed by atoms with Gasteiger partial charge in [0.25, 0.3) is 5.91 Å². The maximum atomic E-state index is 13.1. The summed E-state index contributed by atoms with van der Waals surface area (Å²) < 4.78 is 0. The van der Waals surface area contributed by atoms with Crippen LogP contribution >= 0.6 is 0 Å². The third-order valence-electron chi connectivity index (χ3n) is 5.02. The minimum atomic E-state index is -0.552. The number of hydrogen-bond donors (Lipinski definition) is 2. The Labute approximate surface area is 143 Å². The summed E-state index contributed by atoms with van der Waals surface area (Å²) in [4.78, 5) is 42.1. The number of likely N-dealkylation sites (N-methyl/N-ethyl adjacent to an activating group) is 1. The highest BCUT2D eigenvalue weighted by Crippen LogP contribution is 2.29. The largest absolute Gasteiger partial charge is 0.343 e. The second kappa shape index (κ2) is 8.92. The van der Waals surface area contributed by atoms with E-state index in [1.807, 2.05) is 0 Å². The molecule has 2 aliphatic rings. The van der Waals surface area contributed by atoms with Crippen LogP contribution in [0, 0.1) is 5.92 Å². The quantitative estimate of drug-likeness (QED) is 0.691. The summed E-state index contributed by atoms with van der Waals surface area (Å²) in [6, 6.07) is -1.08. The highest BCUT2D eigenvalue weighted by atomic mass is 16.2. The lowest BCUT2D eigenvalue weighted by molar-refractivity contribution is -0.142. The van der Waals surface area contributed by atoms with Crippen LogP contribution in [-0.2, 0) is 14.4 Å². The van der Waals surface area contributed by atoms with E-state index in [0.29, 0.717) is 13.0 Å². The zero-order valence-electron chi connectivity index (χ0n) is 14.4. The number of carbonyl (C=O) groups excluding carboxylic acids is 3. The molecule has 7 nitrogen and oxygen atoms in total. The average molecular weight is 336 g/mol. The summed E-state index contributed by atoms with van der Waals surface area (Å²) in [5.74, 6) is -0.555. The third-order valence-corrected chi connectivity index (χ3v) is 5.02. The van der Waals surface area contributed by atoms with Gasteiger partial charge in [0.2, 0.25) is 11.8 Å². The molecule has 134 valence electrons. The molecule has 24 heavy (non-hydrogen) atoms. The van der Waals surface area contributed by atoms with Crippen molar-refractivity contribution in [3.63, 3.8) is 0 Å². The summed E-state index contributed by atoms with van der Waals surface area (Å²) >= 11 is 0. The van der Waals surface area contributed by atoms with Crippen LogP contribution in [0.3, 0.4) is 0 Å². The van der Waals surface area contributed by atoms with Crippen LogP contribution in [0.1, 0.15) is 44.9 Å². The fourth-order valence-corrected chi connectivity index (χ4v) is 3.81. The minimum Gasteiger partial charge on any atom is -0.343 e. The summed E-state index contributed by atoms with van der Waals surface area (Å²) in [5, 5.41) is 5.70. The molecule has 1 heterocycles. The number of aliphatic imine (C=N–C) groups is 1. The van der Waals surface area contributed by atoms with E-state index in [-0.39, 0.29) is 30.2 Å². The molecular formula is C17H28N4O3. The first kappa shape index (κ1) is 18.6. The van der Waals surface area contributed by atoms with Gasteiger partial charge in [0.1, 0.15) is 12.1 Å². The average Bonchev–Trinajstić information content (AvgIpc) is 3.09. The molecule has 0 spiro atoms. The topological polar surface area (TPSA) is 90.9 Å². The number of carbonyl (C=O) groups is 3. The zero-order valence-corrected chi connectivity index (χ0v) is 14.4. The molecule has 0 aromatic rings. The Morgan fingerprint density at radius 2 is 1.88 bits per heavy atom. The number of rotatable bonds is 6. The third kappa shape index (κ3) is 4.41. The van der Waals surface area contributed by atoms with Gasteiger partial charge in [0.05, 0.1) is 6.54 Å². The van der Waals surface area contributed by atoms with Crippen LogP contribution in [-0.4, -0.2) is 61.6 Å². The lowest BCUT2D eigenvalue weighted by Gasteiger charge is -2.34. The first-order valence-corrected chi connectivity index (χ1v) is 8.83. The van der Waals surface area contributed by atoms with Gasteiger partial charge in [-0.25, -0.2) is 4.99 Å². The SMILES string of the molecule is C=NC(=O)[C@@H]1CCCN1C(=O)C(NC(=O)CNC)C1CCCCC1. The van der Waals surface area contributed by atoms with Gasteiger partial charge in [-0.05, 0) is 45.4 Å².